The molecular formula is C19H23N3O5S. The molecule has 0 unspecified atom stereocenters. The molecule has 0 bridgehead atoms. The third-order valence-electron chi connectivity index (χ3n) is 3.93. The van der Waals surface area contributed by atoms with Crippen LogP contribution in [0, 0.1) is 0 Å². The van der Waals surface area contributed by atoms with Gasteiger partial charge in [-0.15, -0.1) is 0 Å². The summed E-state index contributed by atoms with van der Waals surface area (Å²) in [6.07, 6.45) is -0.110. The molecular weight excluding hydrogens is 382 g/mol. The summed E-state index contributed by atoms with van der Waals surface area (Å²) in [5.74, 6) is -0.620. The molecule has 2 aromatic rings. The fourth-order valence-corrected chi connectivity index (χ4v) is 4.05. The lowest BCUT2D eigenvalue weighted by Gasteiger charge is -2.22. The molecule has 0 saturated heterocycles. The average Bonchev–Trinajstić information content (AvgIpc) is 2.65. The molecule has 3 N–H and O–H groups in total. The lowest BCUT2D eigenvalue weighted by atomic mass is 10.2. The molecule has 0 heterocycles. The molecule has 0 spiro atoms. The molecule has 0 radical (unpaired) electrons. The summed E-state index contributed by atoms with van der Waals surface area (Å²) in [5, 5.41) is 2.55. The highest BCUT2D eigenvalue weighted by atomic mass is 32.2. The molecule has 0 saturated carbocycles. The number of rotatable bonds is 9. The Morgan fingerprint density at radius 3 is 2.39 bits per heavy atom. The van der Waals surface area contributed by atoms with Crippen LogP contribution in [0.15, 0.2) is 53.4 Å². The largest absolute Gasteiger partial charge is 0.495 e. The minimum Gasteiger partial charge on any atom is -0.495 e. The minimum atomic E-state index is -3.96. The van der Waals surface area contributed by atoms with Gasteiger partial charge < -0.3 is 15.8 Å². The van der Waals surface area contributed by atoms with Gasteiger partial charge in [0.05, 0.1) is 17.7 Å². The first-order valence-corrected chi connectivity index (χ1v) is 9.96. The Hall–Kier alpha value is -2.91. The van der Waals surface area contributed by atoms with Crippen LogP contribution in [0.3, 0.4) is 0 Å². The number of benzene rings is 2. The quantitative estimate of drug-likeness (QED) is 0.658. The van der Waals surface area contributed by atoms with Crippen LogP contribution >= 0.6 is 0 Å². The smallest absolute Gasteiger partial charge is 0.243 e. The molecule has 150 valence electrons. The molecule has 2 aromatic carbocycles. The van der Waals surface area contributed by atoms with E-state index in [0.29, 0.717) is 5.75 Å². The Labute approximate surface area is 164 Å². The van der Waals surface area contributed by atoms with E-state index in [1.165, 1.54) is 36.5 Å². The third kappa shape index (κ3) is 5.54. The second-order valence-electron chi connectivity index (χ2n) is 6.08. The first-order chi connectivity index (χ1) is 13.2. The maximum atomic E-state index is 13.2. The highest BCUT2D eigenvalue weighted by Gasteiger charge is 2.26. The maximum Gasteiger partial charge on any atom is 0.243 e. The van der Waals surface area contributed by atoms with Gasteiger partial charge in [0.25, 0.3) is 0 Å². The van der Waals surface area contributed by atoms with Crippen molar-refractivity contribution in [3.8, 4) is 5.75 Å². The lowest BCUT2D eigenvalue weighted by Crippen LogP contribution is -2.33. The summed E-state index contributed by atoms with van der Waals surface area (Å²) in [6.45, 7) is 1.33. The molecule has 2 rings (SSSR count). The minimum absolute atomic E-state index is 0.0301. The Kier molecular flexibility index (Phi) is 7.13. The second-order valence-corrected chi connectivity index (χ2v) is 8.02. The molecule has 0 aromatic heterocycles. The van der Waals surface area contributed by atoms with Crippen molar-refractivity contribution in [1.29, 1.82) is 0 Å². The number of nitrogens with two attached hydrogens (primary N) is 1. The maximum absolute atomic E-state index is 13.2. The number of primary amides is 1. The number of nitrogens with zero attached hydrogens (tertiary/aromatic N) is 1. The number of hydrogen-bond donors (Lipinski definition) is 2. The molecule has 28 heavy (non-hydrogen) atoms. The number of anilines is 1. The fourth-order valence-electron chi connectivity index (χ4n) is 2.59. The predicted molar refractivity (Wildman–Crippen MR) is 105 cm³/mol. The zero-order valence-corrected chi connectivity index (χ0v) is 16.5. The summed E-state index contributed by atoms with van der Waals surface area (Å²) in [4.78, 5) is 22.6. The molecule has 0 aliphatic heterocycles. The highest BCUT2D eigenvalue weighted by molar-refractivity contribution is 7.89. The van der Waals surface area contributed by atoms with Gasteiger partial charge in [-0.25, -0.2) is 8.42 Å². The van der Waals surface area contributed by atoms with Crippen molar-refractivity contribution in [2.75, 3.05) is 19.0 Å². The highest BCUT2D eigenvalue weighted by Crippen LogP contribution is 2.29. The lowest BCUT2D eigenvalue weighted by molar-refractivity contribution is -0.118. The first-order valence-electron chi connectivity index (χ1n) is 8.52. The van der Waals surface area contributed by atoms with E-state index < -0.39 is 15.9 Å². The van der Waals surface area contributed by atoms with Gasteiger partial charge >= 0.3 is 0 Å². The van der Waals surface area contributed by atoms with E-state index in [0.717, 1.165) is 5.56 Å². The number of hydrogen-bond acceptors (Lipinski definition) is 5. The topological polar surface area (TPSA) is 119 Å². The molecule has 0 aliphatic carbocycles. The van der Waals surface area contributed by atoms with Gasteiger partial charge in [-0.1, -0.05) is 30.3 Å². The molecule has 0 fully saturated rings. The normalized spacial score (nSPS) is 11.2. The molecule has 9 heteroatoms. The van der Waals surface area contributed by atoms with Gasteiger partial charge in [-0.2, -0.15) is 4.31 Å². The van der Waals surface area contributed by atoms with Crippen LogP contribution < -0.4 is 15.8 Å². The van der Waals surface area contributed by atoms with E-state index in [1.807, 2.05) is 6.07 Å². The molecule has 0 atom stereocenters. The van der Waals surface area contributed by atoms with Crippen molar-refractivity contribution >= 4 is 27.5 Å². The Morgan fingerprint density at radius 1 is 1.14 bits per heavy atom. The summed E-state index contributed by atoms with van der Waals surface area (Å²) >= 11 is 0. The van der Waals surface area contributed by atoms with Crippen LogP contribution in [-0.4, -0.2) is 38.2 Å². The van der Waals surface area contributed by atoms with Gasteiger partial charge in [0.2, 0.25) is 21.8 Å². The van der Waals surface area contributed by atoms with Crippen LogP contribution in [0.5, 0.6) is 5.75 Å². The standard InChI is InChI=1S/C19H23N3O5S/c1-14(23)21-17-12-16(8-9-18(17)27-2)28(25,26)22(11-10-19(20)24)13-15-6-4-3-5-7-15/h3-9,12H,10-11,13H2,1-2H3,(H2,20,24)(H,21,23). The third-order valence-corrected chi connectivity index (χ3v) is 5.77. The number of sulfonamides is 1. The van der Waals surface area contributed by atoms with Gasteiger partial charge in [-0.05, 0) is 23.8 Å². The van der Waals surface area contributed by atoms with Crippen molar-refractivity contribution in [3.63, 3.8) is 0 Å². The summed E-state index contributed by atoms with van der Waals surface area (Å²) < 4.78 is 32.8. The van der Waals surface area contributed by atoms with Gasteiger partial charge in [-0.3, -0.25) is 9.59 Å². The summed E-state index contributed by atoms with van der Waals surface area (Å²) in [6, 6.07) is 13.2. The van der Waals surface area contributed by atoms with Crippen molar-refractivity contribution in [2.24, 2.45) is 5.73 Å². The van der Waals surface area contributed by atoms with E-state index in [9.17, 15) is 18.0 Å². The van der Waals surface area contributed by atoms with Crippen LogP contribution in [-0.2, 0) is 26.2 Å². The number of methoxy groups -OCH3 is 1. The van der Waals surface area contributed by atoms with E-state index in [4.69, 9.17) is 10.5 Å². The van der Waals surface area contributed by atoms with Crippen LogP contribution in [0.4, 0.5) is 5.69 Å². The van der Waals surface area contributed by atoms with Gasteiger partial charge in [0.1, 0.15) is 5.75 Å². The van der Waals surface area contributed by atoms with E-state index >= 15 is 0 Å². The molecule has 2 amide bonds. The number of nitrogens with one attached hydrogen (secondary N) is 1. The average molecular weight is 405 g/mol. The van der Waals surface area contributed by atoms with Gasteiger partial charge in [0.15, 0.2) is 0 Å². The van der Waals surface area contributed by atoms with E-state index in [1.54, 1.807) is 24.3 Å². The summed E-state index contributed by atoms with van der Waals surface area (Å²) in [5.41, 5.74) is 6.22. The Bertz CT molecular complexity index is 945. The molecule has 8 nitrogen and oxygen atoms in total. The van der Waals surface area contributed by atoms with E-state index in [-0.39, 0.29) is 36.0 Å². The summed E-state index contributed by atoms with van der Waals surface area (Å²) in [7, 11) is -2.54. The van der Waals surface area contributed by atoms with Crippen molar-refractivity contribution in [2.45, 2.75) is 24.8 Å². The number of carbonyl (C=O) groups is 2. The van der Waals surface area contributed by atoms with Gasteiger partial charge in [0, 0.05) is 26.4 Å². The van der Waals surface area contributed by atoms with Crippen LogP contribution in [0.1, 0.15) is 18.9 Å². The predicted octanol–water partition coefficient (Wildman–Crippen LogP) is 1.72. The fraction of sp³-hybridized carbons (Fsp3) is 0.263. The van der Waals surface area contributed by atoms with Crippen molar-refractivity contribution in [1.82, 2.24) is 4.31 Å². The zero-order chi connectivity index (χ0) is 20.7. The van der Waals surface area contributed by atoms with Crippen LogP contribution in [0.25, 0.3) is 0 Å². The number of amides is 2. The molecule has 0 aliphatic rings. The number of carbonyl (C=O) groups excluding carboxylic acids is 2. The Morgan fingerprint density at radius 2 is 1.82 bits per heavy atom. The second kappa shape index (κ2) is 9.34. The number of ether oxygens (including phenoxy) is 1. The SMILES string of the molecule is COc1ccc(S(=O)(=O)N(CCC(N)=O)Cc2ccccc2)cc1NC(C)=O. The first kappa shape index (κ1) is 21.4. The van der Waals surface area contributed by atoms with Crippen molar-refractivity contribution in [3.05, 3.63) is 54.1 Å². The van der Waals surface area contributed by atoms with Crippen molar-refractivity contribution < 1.29 is 22.7 Å². The van der Waals surface area contributed by atoms with E-state index in [2.05, 4.69) is 5.32 Å². The zero-order valence-electron chi connectivity index (χ0n) is 15.7. The van der Waals surface area contributed by atoms with Crippen LogP contribution in [0.2, 0.25) is 0 Å². The monoisotopic (exact) mass is 405 g/mol. The Balaban J connectivity index is 2.42.